The van der Waals surface area contributed by atoms with Gasteiger partial charge >= 0.3 is 6.03 Å². The van der Waals surface area contributed by atoms with Crippen LogP contribution in [0.1, 0.15) is 46.5 Å². The third kappa shape index (κ3) is 5.91. The van der Waals surface area contributed by atoms with Crippen molar-refractivity contribution in [1.29, 1.82) is 0 Å². The molecule has 4 N–H and O–H groups in total. The van der Waals surface area contributed by atoms with Crippen LogP contribution in [0.15, 0.2) is 0 Å². The molecule has 0 saturated heterocycles. The summed E-state index contributed by atoms with van der Waals surface area (Å²) >= 11 is 0. The van der Waals surface area contributed by atoms with Gasteiger partial charge in [0.1, 0.15) is 6.04 Å². The predicted molar refractivity (Wildman–Crippen MR) is 81.7 cm³/mol. The van der Waals surface area contributed by atoms with Crippen LogP contribution in [-0.2, 0) is 9.53 Å². The number of nitrogens with two attached hydrogens (primary N) is 1. The van der Waals surface area contributed by atoms with Crippen LogP contribution in [0.4, 0.5) is 4.79 Å². The standard InChI is InChI=1S/C15H29N3O3/c1-10(12(13(19)17-4)18-14(16)20)21-9-11-5-7-15(2,3)8-6-11/h10-12H,5-9H2,1-4H3,(H,17,19)(H3,16,18,20). The van der Waals surface area contributed by atoms with Gasteiger partial charge in [0.05, 0.1) is 6.10 Å². The molecule has 0 radical (unpaired) electrons. The molecule has 1 fully saturated rings. The van der Waals surface area contributed by atoms with Gasteiger partial charge in [-0.1, -0.05) is 13.8 Å². The zero-order valence-electron chi connectivity index (χ0n) is 13.6. The van der Waals surface area contributed by atoms with Gasteiger partial charge in [-0.3, -0.25) is 4.79 Å². The van der Waals surface area contributed by atoms with Crippen LogP contribution < -0.4 is 16.4 Å². The summed E-state index contributed by atoms with van der Waals surface area (Å²) < 4.78 is 5.80. The Morgan fingerprint density at radius 3 is 2.38 bits per heavy atom. The summed E-state index contributed by atoms with van der Waals surface area (Å²) in [5.41, 5.74) is 5.54. The maximum Gasteiger partial charge on any atom is 0.312 e. The van der Waals surface area contributed by atoms with Gasteiger partial charge in [0.25, 0.3) is 0 Å². The SMILES string of the molecule is CNC(=O)C(NC(N)=O)C(C)OCC1CCC(C)(C)CC1. The van der Waals surface area contributed by atoms with Gasteiger partial charge in [0, 0.05) is 13.7 Å². The van der Waals surface area contributed by atoms with Crippen molar-refractivity contribution in [3.63, 3.8) is 0 Å². The van der Waals surface area contributed by atoms with Gasteiger partial charge in [-0.05, 0) is 43.9 Å². The lowest BCUT2D eigenvalue weighted by molar-refractivity contribution is -0.126. The van der Waals surface area contributed by atoms with Gasteiger partial charge in [-0.2, -0.15) is 0 Å². The van der Waals surface area contributed by atoms with E-state index in [0.29, 0.717) is 17.9 Å². The molecular formula is C15H29N3O3. The number of nitrogens with one attached hydrogen (secondary N) is 2. The Kier molecular flexibility index (Phi) is 6.45. The molecule has 2 unspecified atom stereocenters. The molecule has 6 heteroatoms. The van der Waals surface area contributed by atoms with E-state index < -0.39 is 18.2 Å². The van der Waals surface area contributed by atoms with Crippen LogP contribution in [0.25, 0.3) is 0 Å². The molecule has 1 saturated carbocycles. The lowest BCUT2D eigenvalue weighted by Gasteiger charge is -2.35. The smallest absolute Gasteiger partial charge is 0.312 e. The second kappa shape index (κ2) is 7.64. The molecule has 1 aliphatic rings. The first kappa shape index (κ1) is 17.8. The number of likely N-dealkylation sites (N-methyl/N-ethyl adjacent to an activating group) is 1. The normalized spacial score (nSPS) is 21.3. The fourth-order valence-electron chi connectivity index (χ4n) is 2.71. The molecular weight excluding hydrogens is 270 g/mol. The Hall–Kier alpha value is -1.30. The highest BCUT2D eigenvalue weighted by molar-refractivity contribution is 5.86. The fourth-order valence-corrected chi connectivity index (χ4v) is 2.71. The van der Waals surface area contributed by atoms with Gasteiger partial charge in [0.2, 0.25) is 5.91 Å². The van der Waals surface area contributed by atoms with Crippen LogP contribution in [0.2, 0.25) is 0 Å². The molecule has 0 aromatic carbocycles. The number of rotatable bonds is 6. The summed E-state index contributed by atoms with van der Waals surface area (Å²) in [7, 11) is 1.52. The Bertz CT molecular complexity index is 361. The summed E-state index contributed by atoms with van der Waals surface area (Å²) in [6, 6.07) is -1.48. The van der Waals surface area contributed by atoms with E-state index in [4.69, 9.17) is 10.5 Å². The largest absolute Gasteiger partial charge is 0.376 e. The molecule has 0 aliphatic heterocycles. The number of hydrogen-bond acceptors (Lipinski definition) is 3. The van der Waals surface area contributed by atoms with E-state index in [-0.39, 0.29) is 5.91 Å². The molecule has 0 heterocycles. The molecule has 122 valence electrons. The van der Waals surface area contributed by atoms with Crippen molar-refractivity contribution in [2.75, 3.05) is 13.7 Å². The molecule has 0 aromatic heterocycles. The maximum absolute atomic E-state index is 11.8. The number of carbonyl (C=O) groups is 2. The Labute approximate surface area is 127 Å². The molecule has 3 amide bonds. The number of hydrogen-bond donors (Lipinski definition) is 3. The summed E-state index contributed by atoms with van der Waals surface area (Å²) in [5.74, 6) is 0.227. The summed E-state index contributed by atoms with van der Waals surface area (Å²) in [5, 5.41) is 4.94. The predicted octanol–water partition coefficient (Wildman–Crippen LogP) is 1.39. The molecule has 21 heavy (non-hydrogen) atoms. The number of primary amides is 1. The summed E-state index contributed by atoms with van der Waals surface area (Å²) in [4.78, 5) is 22.8. The first-order valence-corrected chi connectivity index (χ1v) is 7.64. The zero-order chi connectivity index (χ0) is 16.0. The first-order valence-electron chi connectivity index (χ1n) is 7.64. The van der Waals surface area contributed by atoms with E-state index in [9.17, 15) is 9.59 Å². The minimum absolute atomic E-state index is 0.300. The average molecular weight is 299 g/mol. The molecule has 1 aliphatic carbocycles. The van der Waals surface area contributed by atoms with Crippen molar-refractivity contribution in [1.82, 2.24) is 10.6 Å². The summed E-state index contributed by atoms with van der Waals surface area (Å²) in [6.07, 6.45) is 4.29. The van der Waals surface area contributed by atoms with Gasteiger partial charge in [-0.25, -0.2) is 4.79 Å². The number of amides is 3. The average Bonchev–Trinajstić information content (AvgIpc) is 2.42. The zero-order valence-corrected chi connectivity index (χ0v) is 13.6. The molecule has 6 nitrogen and oxygen atoms in total. The van der Waals surface area contributed by atoms with E-state index in [0.717, 1.165) is 12.8 Å². The highest BCUT2D eigenvalue weighted by atomic mass is 16.5. The van der Waals surface area contributed by atoms with Crippen molar-refractivity contribution in [2.45, 2.75) is 58.6 Å². The molecule has 1 rings (SSSR count). The van der Waals surface area contributed by atoms with E-state index in [1.807, 2.05) is 0 Å². The van der Waals surface area contributed by atoms with Crippen LogP contribution in [0, 0.1) is 11.3 Å². The highest BCUT2D eigenvalue weighted by Gasteiger charge is 2.30. The topological polar surface area (TPSA) is 93.5 Å². The summed E-state index contributed by atoms with van der Waals surface area (Å²) in [6.45, 7) is 6.99. The van der Waals surface area contributed by atoms with Gasteiger partial charge < -0.3 is 21.1 Å². The van der Waals surface area contributed by atoms with Gasteiger partial charge in [0.15, 0.2) is 0 Å². The molecule has 2 atom stereocenters. The second-order valence-electron chi connectivity index (χ2n) is 6.75. The third-order valence-corrected chi connectivity index (χ3v) is 4.35. The van der Waals surface area contributed by atoms with Crippen molar-refractivity contribution in [2.24, 2.45) is 17.1 Å². The minimum atomic E-state index is -0.757. The van der Waals surface area contributed by atoms with Crippen molar-refractivity contribution in [3.05, 3.63) is 0 Å². The minimum Gasteiger partial charge on any atom is -0.376 e. The molecule has 0 spiro atoms. The van der Waals surface area contributed by atoms with E-state index in [1.165, 1.54) is 19.9 Å². The Morgan fingerprint density at radius 1 is 1.33 bits per heavy atom. The van der Waals surface area contributed by atoms with E-state index in [1.54, 1.807) is 6.92 Å². The number of urea groups is 1. The monoisotopic (exact) mass is 299 g/mol. The van der Waals surface area contributed by atoms with E-state index >= 15 is 0 Å². The molecule has 0 bridgehead atoms. The van der Waals surface area contributed by atoms with E-state index in [2.05, 4.69) is 24.5 Å². The van der Waals surface area contributed by atoms with Crippen LogP contribution >= 0.6 is 0 Å². The quantitative estimate of drug-likeness (QED) is 0.692. The van der Waals surface area contributed by atoms with Crippen molar-refractivity contribution in [3.8, 4) is 0 Å². The second-order valence-corrected chi connectivity index (χ2v) is 6.75. The van der Waals surface area contributed by atoms with Crippen molar-refractivity contribution < 1.29 is 14.3 Å². The van der Waals surface area contributed by atoms with Gasteiger partial charge in [-0.15, -0.1) is 0 Å². The first-order chi connectivity index (χ1) is 9.75. The van der Waals surface area contributed by atoms with Crippen LogP contribution in [-0.4, -0.2) is 37.7 Å². The van der Waals surface area contributed by atoms with Crippen molar-refractivity contribution >= 4 is 11.9 Å². The number of ether oxygens (including phenoxy) is 1. The Morgan fingerprint density at radius 2 is 1.90 bits per heavy atom. The van der Waals surface area contributed by atoms with Crippen LogP contribution in [0.5, 0.6) is 0 Å². The molecule has 0 aromatic rings. The number of carbonyl (C=O) groups excluding carboxylic acids is 2. The fraction of sp³-hybridized carbons (Fsp3) is 0.867. The third-order valence-electron chi connectivity index (χ3n) is 4.35. The lowest BCUT2D eigenvalue weighted by atomic mass is 9.73. The Balaban J connectivity index is 2.44. The highest BCUT2D eigenvalue weighted by Crippen LogP contribution is 2.38. The lowest BCUT2D eigenvalue weighted by Crippen LogP contribution is -2.54. The van der Waals surface area contributed by atoms with Crippen LogP contribution in [0.3, 0.4) is 0 Å². The maximum atomic E-state index is 11.8.